The molecule has 1 aliphatic heterocycles. The number of anilines is 1. The summed E-state index contributed by atoms with van der Waals surface area (Å²) in [5.41, 5.74) is 0.962. The number of nitrogens with zero attached hydrogens (tertiary/aromatic N) is 2. The van der Waals surface area contributed by atoms with Gasteiger partial charge in [0.25, 0.3) is 0 Å². The molecule has 0 aromatic heterocycles. The van der Waals surface area contributed by atoms with Crippen molar-refractivity contribution in [2.75, 3.05) is 18.2 Å². The van der Waals surface area contributed by atoms with Crippen LogP contribution in [0.1, 0.15) is 26.7 Å². The molecule has 2 atom stereocenters. The second kappa shape index (κ2) is 8.44. The van der Waals surface area contributed by atoms with Gasteiger partial charge in [0.15, 0.2) is 0 Å². The average Bonchev–Trinajstić information content (AvgIpc) is 3.01. The first kappa shape index (κ1) is 17.9. The van der Waals surface area contributed by atoms with Gasteiger partial charge in [0, 0.05) is 13.0 Å². The lowest BCUT2D eigenvalue weighted by Gasteiger charge is -2.22. The summed E-state index contributed by atoms with van der Waals surface area (Å²) in [6.07, 6.45) is 0.175. The number of carbonyl (C=O) groups is 2. The standard InChI is InChI=1S/C17H23N3O4/c1-3-24-17(23)14-11-15(16(22)18-10-9-12(2)21)20(19-14)13-7-5-4-6-8-13/h4-8,12,15,21H,3,9-11H2,1-2H3,(H,18,22)/t12-,15-/m0/s1. The molecule has 1 heterocycles. The van der Waals surface area contributed by atoms with Gasteiger partial charge in [-0.15, -0.1) is 0 Å². The van der Waals surface area contributed by atoms with Crippen molar-refractivity contribution in [2.24, 2.45) is 5.10 Å². The van der Waals surface area contributed by atoms with Gasteiger partial charge in [-0.05, 0) is 32.4 Å². The minimum Gasteiger partial charge on any atom is -0.461 e. The fourth-order valence-electron chi connectivity index (χ4n) is 2.39. The Bertz CT molecular complexity index is 601. The lowest BCUT2D eigenvalue weighted by molar-refractivity contribution is -0.135. The number of nitrogens with one attached hydrogen (secondary N) is 1. The first-order valence-electron chi connectivity index (χ1n) is 8.07. The number of aliphatic hydroxyl groups is 1. The van der Waals surface area contributed by atoms with E-state index in [0.29, 0.717) is 13.0 Å². The van der Waals surface area contributed by atoms with E-state index in [-0.39, 0.29) is 24.6 Å². The van der Waals surface area contributed by atoms with E-state index < -0.39 is 18.1 Å². The summed E-state index contributed by atoms with van der Waals surface area (Å²) < 4.78 is 4.99. The van der Waals surface area contributed by atoms with Crippen LogP contribution < -0.4 is 10.3 Å². The smallest absolute Gasteiger partial charge is 0.354 e. The minimum absolute atomic E-state index is 0.189. The third kappa shape index (κ3) is 4.55. The highest BCUT2D eigenvalue weighted by Gasteiger charge is 2.36. The molecule has 2 N–H and O–H groups in total. The molecule has 1 aliphatic rings. The third-order valence-corrected chi connectivity index (χ3v) is 3.61. The van der Waals surface area contributed by atoms with Crippen molar-refractivity contribution in [1.82, 2.24) is 5.32 Å². The zero-order chi connectivity index (χ0) is 17.5. The minimum atomic E-state index is -0.610. The maximum atomic E-state index is 12.5. The van der Waals surface area contributed by atoms with Crippen molar-refractivity contribution in [1.29, 1.82) is 0 Å². The van der Waals surface area contributed by atoms with Crippen LogP contribution in [0, 0.1) is 0 Å². The first-order valence-corrected chi connectivity index (χ1v) is 8.07. The molecule has 0 unspecified atom stereocenters. The molecule has 7 heteroatoms. The molecule has 0 radical (unpaired) electrons. The Morgan fingerprint density at radius 3 is 2.75 bits per heavy atom. The molecule has 0 fully saturated rings. The highest BCUT2D eigenvalue weighted by atomic mass is 16.5. The second-order valence-electron chi connectivity index (χ2n) is 5.60. The van der Waals surface area contributed by atoms with Crippen LogP contribution in [0.3, 0.4) is 0 Å². The van der Waals surface area contributed by atoms with E-state index in [2.05, 4.69) is 10.4 Å². The monoisotopic (exact) mass is 333 g/mol. The molecule has 0 saturated carbocycles. The number of benzene rings is 1. The molecular formula is C17H23N3O4. The lowest BCUT2D eigenvalue weighted by atomic mass is 10.1. The van der Waals surface area contributed by atoms with E-state index in [4.69, 9.17) is 4.74 Å². The summed E-state index contributed by atoms with van der Waals surface area (Å²) in [5, 5.41) is 17.9. The third-order valence-electron chi connectivity index (χ3n) is 3.61. The predicted molar refractivity (Wildman–Crippen MR) is 90.7 cm³/mol. The van der Waals surface area contributed by atoms with E-state index >= 15 is 0 Å². The number of amides is 1. The van der Waals surface area contributed by atoms with Gasteiger partial charge in [-0.3, -0.25) is 9.80 Å². The number of rotatable bonds is 7. The van der Waals surface area contributed by atoms with Gasteiger partial charge >= 0.3 is 5.97 Å². The summed E-state index contributed by atoms with van der Waals surface area (Å²) in [7, 11) is 0. The Labute approximate surface area is 141 Å². The molecule has 130 valence electrons. The maximum absolute atomic E-state index is 12.5. The number of esters is 1. The fraction of sp³-hybridized carbons (Fsp3) is 0.471. The van der Waals surface area contributed by atoms with Crippen molar-refractivity contribution in [3.63, 3.8) is 0 Å². The lowest BCUT2D eigenvalue weighted by Crippen LogP contribution is -2.43. The predicted octanol–water partition coefficient (Wildman–Crippen LogP) is 1.07. The van der Waals surface area contributed by atoms with Gasteiger partial charge < -0.3 is 15.2 Å². The Balaban J connectivity index is 2.13. The van der Waals surface area contributed by atoms with E-state index in [0.717, 1.165) is 5.69 Å². The van der Waals surface area contributed by atoms with Crippen LogP contribution in [0.2, 0.25) is 0 Å². The largest absolute Gasteiger partial charge is 0.461 e. The molecule has 0 aliphatic carbocycles. The number of carbonyl (C=O) groups excluding carboxylic acids is 2. The van der Waals surface area contributed by atoms with Gasteiger partial charge in [-0.25, -0.2) is 4.79 Å². The summed E-state index contributed by atoms with van der Waals surface area (Å²) in [6, 6.07) is 8.60. The van der Waals surface area contributed by atoms with Gasteiger partial charge in [0.05, 0.1) is 18.4 Å². The number of hydrazone groups is 1. The first-order chi connectivity index (χ1) is 11.5. The van der Waals surface area contributed by atoms with E-state index in [1.165, 1.54) is 0 Å². The second-order valence-corrected chi connectivity index (χ2v) is 5.60. The highest BCUT2D eigenvalue weighted by Crippen LogP contribution is 2.25. The number of aliphatic hydroxyl groups excluding tert-OH is 1. The van der Waals surface area contributed by atoms with Gasteiger partial charge in [-0.2, -0.15) is 5.10 Å². The summed E-state index contributed by atoms with van der Waals surface area (Å²) >= 11 is 0. The summed E-state index contributed by atoms with van der Waals surface area (Å²) in [6.45, 7) is 4.02. The summed E-state index contributed by atoms with van der Waals surface area (Å²) in [4.78, 5) is 24.4. The molecule has 0 spiro atoms. The van der Waals surface area contributed by atoms with Crippen LogP contribution >= 0.6 is 0 Å². The number of hydrogen-bond donors (Lipinski definition) is 2. The zero-order valence-electron chi connectivity index (χ0n) is 13.9. The summed E-state index contributed by atoms with van der Waals surface area (Å²) in [5.74, 6) is -0.736. The van der Waals surface area contributed by atoms with Crippen LogP contribution in [0.5, 0.6) is 0 Å². The average molecular weight is 333 g/mol. The SMILES string of the molecule is CCOC(=O)C1=NN(c2ccccc2)[C@H](C(=O)NCC[C@H](C)O)C1. The molecule has 1 aromatic rings. The van der Waals surface area contributed by atoms with Crippen LogP contribution in [-0.4, -0.2) is 48.0 Å². The number of ether oxygens (including phenoxy) is 1. The fourth-order valence-corrected chi connectivity index (χ4v) is 2.39. The van der Waals surface area contributed by atoms with E-state index in [1.54, 1.807) is 18.9 Å². The van der Waals surface area contributed by atoms with Gasteiger partial charge in [-0.1, -0.05) is 18.2 Å². The van der Waals surface area contributed by atoms with Gasteiger partial charge in [0.2, 0.25) is 5.91 Å². The molecular weight excluding hydrogens is 310 g/mol. The van der Waals surface area contributed by atoms with Gasteiger partial charge in [0.1, 0.15) is 11.8 Å². The van der Waals surface area contributed by atoms with Crippen LogP contribution in [-0.2, 0) is 14.3 Å². The number of para-hydroxylation sites is 1. The van der Waals surface area contributed by atoms with Crippen molar-refractivity contribution in [3.8, 4) is 0 Å². The quantitative estimate of drug-likeness (QED) is 0.729. The maximum Gasteiger partial charge on any atom is 0.354 e. The molecule has 1 aromatic carbocycles. The van der Waals surface area contributed by atoms with E-state index in [9.17, 15) is 14.7 Å². The molecule has 1 amide bonds. The Hall–Kier alpha value is -2.41. The van der Waals surface area contributed by atoms with Crippen molar-refractivity contribution in [2.45, 2.75) is 38.8 Å². The molecule has 0 bridgehead atoms. The highest BCUT2D eigenvalue weighted by molar-refractivity contribution is 6.38. The molecule has 0 saturated heterocycles. The van der Waals surface area contributed by atoms with Crippen molar-refractivity contribution >= 4 is 23.3 Å². The van der Waals surface area contributed by atoms with Crippen LogP contribution in [0.15, 0.2) is 35.4 Å². The normalized spacial score (nSPS) is 18.0. The Morgan fingerprint density at radius 1 is 1.42 bits per heavy atom. The molecule has 7 nitrogen and oxygen atoms in total. The topological polar surface area (TPSA) is 91.2 Å². The Morgan fingerprint density at radius 2 is 2.12 bits per heavy atom. The van der Waals surface area contributed by atoms with E-state index in [1.807, 2.05) is 30.3 Å². The Kier molecular flexibility index (Phi) is 6.31. The van der Waals surface area contributed by atoms with Crippen molar-refractivity contribution < 1.29 is 19.4 Å². The molecule has 24 heavy (non-hydrogen) atoms. The van der Waals surface area contributed by atoms with Crippen LogP contribution in [0.25, 0.3) is 0 Å². The van der Waals surface area contributed by atoms with Crippen LogP contribution in [0.4, 0.5) is 5.69 Å². The number of hydrogen-bond acceptors (Lipinski definition) is 6. The van der Waals surface area contributed by atoms with Crippen molar-refractivity contribution in [3.05, 3.63) is 30.3 Å². The molecule has 2 rings (SSSR count). The zero-order valence-corrected chi connectivity index (χ0v) is 13.9.